The number of ether oxygens (including phenoxy) is 1. The maximum atomic E-state index is 5.32. The fourth-order valence-corrected chi connectivity index (χ4v) is 2.73. The van der Waals surface area contributed by atoms with Crippen LogP contribution < -0.4 is 10.6 Å². The van der Waals surface area contributed by atoms with Crippen molar-refractivity contribution in [3.8, 4) is 0 Å². The first-order valence-electron chi connectivity index (χ1n) is 8.54. The molecule has 0 unspecified atom stereocenters. The topological polar surface area (TPSA) is 48.9 Å². The van der Waals surface area contributed by atoms with Crippen LogP contribution in [-0.2, 0) is 4.74 Å². The Morgan fingerprint density at radius 1 is 1.18 bits per heavy atom. The van der Waals surface area contributed by atoms with Crippen molar-refractivity contribution < 1.29 is 4.74 Å². The lowest BCUT2D eigenvalue weighted by molar-refractivity contribution is 0.145. The number of hydrogen-bond acceptors (Lipinski definition) is 3. The third-order valence-corrected chi connectivity index (χ3v) is 4.19. The van der Waals surface area contributed by atoms with Gasteiger partial charge in [0.25, 0.3) is 0 Å². The molecule has 5 nitrogen and oxygen atoms in total. The molecule has 132 valence electrons. The Morgan fingerprint density at radius 3 is 2.45 bits per heavy atom. The molecule has 1 aliphatic rings. The monoisotopic (exact) mass is 426 g/mol. The number of nitrogens with one attached hydrogen (secondary N) is 2. The zero-order valence-electron chi connectivity index (χ0n) is 14.6. The van der Waals surface area contributed by atoms with Gasteiger partial charge in [-0.15, -0.1) is 24.0 Å². The fraction of sp³-hybridized carbons (Fsp3) is 0.938. The molecule has 0 aromatic rings. The Labute approximate surface area is 153 Å². The minimum atomic E-state index is 0. The van der Waals surface area contributed by atoms with Gasteiger partial charge in [-0.2, -0.15) is 0 Å². The van der Waals surface area contributed by atoms with Crippen molar-refractivity contribution in [3.63, 3.8) is 0 Å². The molecule has 2 N–H and O–H groups in total. The quantitative estimate of drug-likeness (QED) is 0.257. The number of piperidine rings is 1. The van der Waals surface area contributed by atoms with E-state index in [2.05, 4.69) is 27.4 Å². The van der Waals surface area contributed by atoms with E-state index in [1.165, 1.54) is 38.9 Å². The number of rotatable bonds is 9. The van der Waals surface area contributed by atoms with Crippen LogP contribution >= 0.6 is 24.0 Å². The molecule has 0 bridgehead atoms. The van der Waals surface area contributed by atoms with Crippen LogP contribution in [-0.4, -0.2) is 63.8 Å². The Balaban J connectivity index is 0.00000441. The van der Waals surface area contributed by atoms with Gasteiger partial charge >= 0.3 is 0 Å². The summed E-state index contributed by atoms with van der Waals surface area (Å²) in [4.78, 5) is 6.80. The fourth-order valence-electron chi connectivity index (χ4n) is 2.73. The van der Waals surface area contributed by atoms with Gasteiger partial charge < -0.3 is 20.3 Å². The van der Waals surface area contributed by atoms with E-state index in [4.69, 9.17) is 4.74 Å². The van der Waals surface area contributed by atoms with Gasteiger partial charge in [-0.05, 0) is 58.2 Å². The number of halogens is 1. The SMILES string of the molecule is CCOCCCNC(=NC)NCCC1CCN(CC)CC1.I. The smallest absolute Gasteiger partial charge is 0.190 e. The average Bonchev–Trinajstić information content (AvgIpc) is 2.53. The Hall–Kier alpha value is -0.0800. The van der Waals surface area contributed by atoms with Crippen molar-refractivity contribution in [1.29, 1.82) is 0 Å². The van der Waals surface area contributed by atoms with Crippen LogP contribution in [0.4, 0.5) is 0 Å². The molecule has 0 amide bonds. The van der Waals surface area contributed by atoms with E-state index in [9.17, 15) is 0 Å². The first-order valence-corrected chi connectivity index (χ1v) is 8.54. The lowest BCUT2D eigenvalue weighted by Crippen LogP contribution is -2.40. The normalized spacial score (nSPS) is 17.1. The largest absolute Gasteiger partial charge is 0.382 e. The molecule has 1 heterocycles. The maximum absolute atomic E-state index is 5.32. The minimum absolute atomic E-state index is 0. The molecule has 0 radical (unpaired) electrons. The summed E-state index contributed by atoms with van der Waals surface area (Å²) in [6.45, 7) is 11.6. The van der Waals surface area contributed by atoms with Crippen molar-refractivity contribution in [2.45, 2.75) is 39.5 Å². The molecule has 0 aromatic carbocycles. The van der Waals surface area contributed by atoms with Crippen LogP contribution in [0.15, 0.2) is 4.99 Å². The average molecular weight is 426 g/mol. The summed E-state index contributed by atoms with van der Waals surface area (Å²) in [5, 5.41) is 6.75. The molecule has 0 atom stereocenters. The summed E-state index contributed by atoms with van der Waals surface area (Å²) in [6, 6.07) is 0. The zero-order valence-corrected chi connectivity index (χ0v) is 16.9. The summed E-state index contributed by atoms with van der Waals surface area (Å²) in [5.41, 5.74) is 0. The Kier molecular flexibility index (Phi) is 14.5. The number of hydrogen-bond donors (Lipinski definition) is 2. The van der Waals surface area contributed by atoms with Gasteiger partial charge in [0, 0.05) is 33.4 Å². The molecule has 0 saturated carbocycles. The van der Waals surface area contributed by atoms with Crippen molar-refractivity contribution >= 4 is 29.9 Å². The predicted molar refractivity (Wildman–Crippen MR) is 105 cm³/mol. The number of likely N-dealkylation sites (tertiary alicyclic amines) is 1. The first-order chi connectivity index (χ1) is 10.3. The third-order valence-electron chi connectivity index (χ3n) is 4.19. The van der Waals surface area contributed by atoms with Gasteiger partial charge in [0.1, 0.15) is 0 Å². The lowest BCUT2D eigenvalue weighted by atomic mass is 9.93. The van der Waals surface area contributed by atoms with Gasteiger partial charge in [0.15, 0.2) is 5.96 Å². The highest BCUT2D eigenvalue weighted by Crippen LogP contribution is 2.19. The molecule has 0 aromatic heterocycles. The molecular formula is C16H35IN4O. The van der Waals surface area contributed by atoms with Crippen LogP contribution in [0.3, 0.4) is 0 Å². The highest BCUT2D eigenvalue weighted by molar-refractivity contribution is 14.0. The lowest BCUT2D eigenvalue weighted by Gasteiger charge is -2.31. The number of aliphatic imine (C=N–C) groups is 1. The molecule has 0 spiro atoms. The molecule has 1 saturated heterocycles. The molecule has 1 aliphatic heterocycles. The van der Waals surface area contributed by atoms with Crippen molar-refractivity contribution in [3.05, 3.63) is 0 Å². The summed E-state index contributed by atoms with van der Waals surface area (Å²) >= 11 is 0. The molecule has 6 heteroatoms. The molecule has 1 rings (SSSR count). The summed E-state index contributed by atoms with van der Waals surface area (Å²) in [7, 11) is 1.83. The van der Waals surface area contributed by atoms with E-state index < -0.39 is 0 Å². The van der Waals surface area contributed by atoms with E-state index in [1.54, 1.807) is 0 Å². The summed E-state index contributed by atoms with van der Waals surface area (Å²) in [5.74, 6) is 1.79. The second-order valence-corrected chi connectivity index (χ2v) is 5.64. The van der Waals surface area contributed by atoms with Crippen LogP contribution in [0.1, 0.15) is 39.5 Å². The van der Waals surface area contributed by atoms with Crippen LogP contribution in [0.2, 0.25) is 0 Å². The zero-order chi connectivity index (χ0) is 15.3. The van der Waals surface area contributed by atoms with E-state index in [0.717, 1.165) is 44.6 Å². The molecule has 0 aliphatic carbocycles. The van der Waals surface area contributed by atoms with Crippen LogP contribution in [0.25, 0.3) is 0 Å². The highest BCUT2D eigenvalue weighted by Gasteiger charge is 2.17. The van der Waals surface area contributed by atoms with E-state index in [-0.39, 0.29) is 24.0 Å². The van der Waals surface area contributed by atoms with Crippen molar-refractivity contribution in [1.82, 2.24) is 15.5 Å². The summed E-state index contributed by atoms with van der Waals surface area (Å²) in [6.07, 6.45) is 4.95. The predicted octanol–water partition coefficient (Wildman–Crippen LogP) is 2.32. The van der Waals surface area contributed by atoms with Gasteiger partial charge in [-0.1, -0.05) is 6.92 Å². The Morgan fingerprint density at radius 2 is 1.86 bits per heavy atom. The standard InChI is InChI=1S/C16H34N4O.HI/c1-4-20-12-8-15(9-13-20)7-11-19-16(17-3)18-10-6-14-21-5-2;/h15H,4-14H2,1-3H3,(H2,17,18,19);1H. The second kappa shape index (κ2) is 14.5. The third kappa shape index (κ3) is 9.84. The van der Waals surface area contributed by atoms with Crippen molar-refractivity contribution in [2.24, 2.45) is 10.9 Å². The number of guanidine groups is 1. The van der Waals surface area contributed by atoms with Gasteiger partial charge in [0.05, 0.1) is 0 Å². The highest BCUT2D eigenvalue weighted by atomic mass is 127. The summed E-state index contributed by atoms with van der Waals surface area (Å²) < 4.78 is 5.32. The molecule has 22 heavy (non-hydrogen) atoms. The van der Waals surface area contributed by atoms with Gasteiger partial charge in [-0.3, -0.25) is 4.99 Å². The van der Waals surface area contributed by atoms with E-state index >= 15 is 0 Å². The Bertz CT molecular complexity index is 281. The molecular weight excluding hydrogens is 391 g/mol. The minimum Gasteiger partial charge on any atom is -0.382 e. The molecule has 1 fully saturated rings. The van der Waals surface area contributed by atoms with Crippen LogP contribution in [0, 0.1) is 5.92 Å². The number of nitrogens with zero attached hydrogens (tertiary/aromatic N) is 2. The van der Waals surface area contributed by atoms with E-state index in [1.807, 2.05) is 14.0 Å². The van der Waals surface area contributed by atoms with Crippen LogP contribution in [0.5, 0.6) is 0 Å². The van der Waals surface area contributed by atoms with Gasteiger partial charge in [-0.25, -0.2) is 0 Å². The maximum Gasteiger partial charge on any atom is 0.190 e. The second-order valence-electron chi connectivity index (χ2n) is 5.64. The van der Waals surface area contributed by atoms with Crippen molar-refractivity contribution in [2.75, 3.05) is 53.0 Å². The van der Waals surface area contributed by atoms with Gasteiger partial charge in [0.2, 0.25) is 0 Å². The first kappa shape index (κ1) is 21.9. The van der Waals surface area contributed by atoms with E-state index in [0.29, 0.717) is 0 Å².